The lowest BCUT2D eigenvalue weighted by molar-refractivity contribution is 0.331. The Morgan fingerprint density at radius 2 is 1.87 bits per heavy atom. The quantitative estimate of drug-likeness (QED) is 0.794. The summed E-state index contributed by atoms with van der Waals surface area (Å²) in [6.45, 7) is 3.84. The molecule has 2 aromatic rings. The van der Waals surface area contributed by atoms with Crippen LogP contribution in [-0.2, 0) is 10.0 Å². The lowest BCUT2D eigenvalue weighted by Crippen LogP contribution is -2.27. The number of ether oxygens (including phenoxy) is 1. The smallest absolute Gasteiger partial charge is 0.244 e. The highest BCUT2D eigenvalue weighted by Crippen LogP contribution is 2.28. The van der Waals surface area contributed by atoms with Crippen LogP contribution in [0.4, 0.5) is 4.39 Å². The molecule has 124 valence electrons. The van der Waals surface area contributed by atoms with Crippen LogP contribution in [0.15, 0.2) is 51.8 Å². The lowest BCUT2D eigenvalue weighted by atomic mass is 10.1. The third kappa shape index (κ3) is 4.53. The Morgan fingerprint density at radius 1 is 1.22 bits per heavy atom. The first-order valence-electron chi connectivity index (χ1n) is 7.03. The Labute approximate surface area is 143 Å². The molecule has 1 atom stereocenters. The Morgan fingerprint density at radius 3 is 2.48 bits per heavy atom. The highest BCUT2D eigenvalue weighted by molar-refractivity contribution is 9.10. The van der Waals surface area contributed by atoms with Crippen LogP contribution >= 0.6 is 15.9 Å². The molecular formula is C16H17BrFNO3S. The van der Waals surface area contributed by atoms with Gasteiger partial charge in [0.15, 0.2) is 0 Å². The van der Waals surface area contributed by atoms with Gasteiger partial charge in [0.1, 0.15) is 16.5 Å². The standard InChI is InChI=1S/C16H17BrFNO3S/c1-3-22-15-9-6-13(17)10-16(15)23(20,21)19-11(2)12-4-7-14(18)8-5-12/h4-11,19H,3H2,1-2H3/t11-/m1/s1. The van der Waals surface area contributed by atoms with E-state index in [2.05, 4.69) is 20.7 Å². The maximum Gasteiger partial charge on any atom is 0.244 e. The topological polar surface area (TPSA) is 55.4 Å². The van der Waals surface area contributed by atoms with Gasteiger partial charge < -0.3 is 4.74 Å². The van der Waals surface area contributed by atoms with Gasteiger partial charge in [0.25, 0.3) is 0 Å². The van der Waals surface area contributed by atoms with E-state index < -0.39 is 16.1 Å². The van der Waals surface area contributed by atoms with Crippen molar-refractivity contribution in [2.45, 2.75) is 24.8 Å². The van der Waals surface area contributed by atoms with Gasteiger partial charge in [-0.25, -0.2) is 17.5 Å². The molecule has 0 aliphatic heterocycles. The minimum absolute atomic E-state index is 0.0580. The normalized spacial score (nSPS) is 12.9. The van der Waals surface area contributed by atoms with E-state index in [-0.39, 0.29) is 16.5 Å². The van der Waals surface area contributed by atoms with Crippen LogP contribution in [-0.4, -0.2) is 15.0 Å². The minimum atomic E-state index is -3.79. The summed E-state index contributed by atoms with van der Waals surface area (Å²) >= 11 is 3.27. The molecule has 1 N–H and O–H groups in total. The van der Waals surface area contributed by atoms with Gasteiger partial charge in [-0.2, -0.15) is 0 Å². The molecule has 0 amide bonds. The summed E-state index contributed by atoms with van der Waals surface area (Å²) in [5, 5.41) is 0. The third-order valence-corrected chi connectivity index (χ3v) is 5.25. The van der Waals surface area contributed by atoms with Crippen LogP contribution in [0.2, 0.25) is 0 Å². The number of benzene rings is 2. The van der Waals surface area contributed by atoms with Crippen molar-refractivity contribution in [3.8, 4) is 5.75 Å². The predicted octanol–water partition coefficient (Wildman–Crippen LogP) is 4.03. The monoisotopic (exact) mass is 401 g/mol. The van der Waals surface area contributed by atoms with Crippen molar-refractivity contribution >= 4 is 26.0 Å². The van der Waals surface area contributed by atoms with Crippen LogP contribution in [0.3, 0.4) is 0 Å². The van der Waals surface area contributed by atoms with Gasteiger partial charge in [0.05, 0.1) is 6.61 Å². The number of halogens is 2. The molecule has 0 saturated heterocycles. The van der Waals surface area contributed by atoms with Crippen molar-refractivity contribution in [1.82, 2.24) is 4.72 Å². The summed E-state index contributed by atoms with van der Waals surface area (Å²) in [5.41, 5.74) is 0.669. The van der Waals surface area contributed by atoms with Gasteiger partial charge in [-0.1, -0.05) is 28.1 Å². The summed E-state index contributed by atoms with van der Waals surface area (Å²) in [5.74, 6) is -0.0797. The highest BCUT2D eigenvalue weighted by Gasteiger charge is 2.23. The largest absolute Gasteiger partial charge is 0.492 e. The molecule has 0 aliphatic carbocycles. The van der Waals surface area contributed by atoms with Gasteiger partial charge in [0, 0.05) is 10.5 Å². The summed E-state index contributed by atoms with van der Waals surface area (Å²) in [4.78, 5) is 0.0580. The van der Waals surface area contributed by atoms with E-state index in [0.29, 0.717) is 16.6 Å². The zero-order valence-electron chi connectivity index (χ0n) is 12.7. The molecular weight excluding hydrogens is 385 g/mol. The van der Waals surface area contributed by atoms with E-state index >= 15 is 0 Å². The maximum atomic E-state index is 13.0. The van der Waals surface area contributed by atoms with Crippen molar-refractivity contribution in [3.63, 3.8) is 0 Å². The van der Waals surface area contributed by atoms with E-state index in [0.717, 1.165) is 0 Å². The molecule has 23 heavy (non-hydrogen) atoms. The molecule has 7 heteroatoms. The molecule has 4 nitrogen and oxygen atoms in total. The van der Waals surface area contributed by atoms with Gasteiger partial charge >= 0.3 is 0 Å². The second kappa shape index (κ2) is 7.42. The molecule has 0 heterocycles. The van der Waals surface area contributed by atoms with Crippen molar-refractivity contribution < 1.29 is 17.5 Å². The average Bonchev–Trinajstić information content (AvgIpc) is 2.49. The van der Waals surface area contributed by atoms with E-state index in [1.807, 2.05) is 0 Å². The second-order valence-electron chi connectivity index (χ2n) is 4.92. The van der Waals surface area contributed by atoms with Gasteiger partial charge in [-0.15, -0.1) is 0 Å². The Balaban J connectivity index is 2.31. The molecule has 0 radical (unpaired) electrons. The summed E-state index contributed by atoms with van der Waals surface area (Å²) in [7, 11) is -3.79. The predicted molar refractivity (Wildman–Crippen MR) is 90.4 cm³/mol. The fraction of sp³-hybridized carbons (Fsp3) is 0.250. The SMILES string of the molecule is CCOc1ccc(Br)cc1S(=O)(=O)N[C@H](C)c1ccc(F)cc1. The first-order valence-corrected chi connectivity index (χ1v) is 9.31. The zero-order chi connectivity index (χ0) is 17.0. The highest BCUT2D eigenvalue weighted by atomic mass is 79.9. The van der Waals surface area contributed by atoms with Crippen LogP contribution in [0.5, 0.6) is 5.75 Å². The zero-order valence-corrected chi connectivity index (χ0v) is 15.1. The van der Waals surface area contributed by atoms with E-state index in [9.17, 15) is 12.8 Å². The van der Waals surface area contributed by atoms with Crippen LogP contribution < -0.4 is 9.46 Å². The Kier molecular flexibility index (Phi) is 5.78. The summed E-state index contributed by atoms with van der Waals surface area (Å²) < 4.78 is 46.9. The van der Waals surface area contributed by atoms with E-state index in [1.54, 1.807) is 38.1 Å². The first kappa shape index (κ1) is 17.9. The van der Waals surface area contributed by atoms with Crippen molar-refractivity contribution in [2.24, 2.45) is 0 Å². The second-order valence-corrected chi connectivity index (χ2v) is 7.52. The number of nitrogens with one attached hydrogen (secondary N) is 1. The van der Waals surface area contributed by atoms with E-state index in [1.165, 1.54) is 18.2 Å². The Hall–Kier alpha value is -1.44. The molecule has 0 saturated carbocycles. The van der Waals surface area contributed by atoms with Crippen LogP contribution in [0.1, 0.15) is 25.5 Å². The van der Waals surface area contributed by atoms with Crippen molar-refractivity contribution in [2.75, 3.05) is 6.61 Å². The van der Waals surface area contributed by atoms with Crippen LogP contribution in [0.25, 0.3) is 0 Å². The van der Waals surface area contributed by atoms with Crippen LogP contribution in [0, 0.1) is 5.82 Å². The number of hydrogen-bond donors (Lipinski definition) is 1. The van der Waals surface area contributed by atoms with Gasteiger partial charge in [-0.05, 0) is 49.7 Å². The summed E-state index contributed by atoms with van der Waals surface area (Å²) in [6, 6.07) is 9.99. The van der Waals surface area contributed by atoms with E-state index in [4.69, 9.17) is 4.74 Å². The Bertz CT molecular complexity index is 778. The minimum Gasteiger partial charge on any atom is -0.492 e. The molecule has 0 fully saturated rings. The number of sulfonamides is 1. The number of hydrogen-bond acceptors (Lipinski definition) is 3. The molecule has 0 spiro atoms. The molecule has 0 aromatic heterocycles. The molecule has 0 bridgehead atoms. The van der Waals surface area contributed by atoms with Crippen molar-refractivity contribution in [3.05, 3.63) is 58.3 Å². The number of rotatable bonds is 6. The summed E-state index contributed by atoms with van der Waals surface area (Å²) in [6.07, 6.45) is 0. The maximum absolute atomic E-state index is 13.0. The molecule has 2 rings (SSSR count). The molecule has 0 unspecified atom stereocenters. The molecule has 2 aromatic carbocycles. The third-order valence-electron chi connectivity index (χ3n) is 3.20. The molecule has 0 aliphatic rings. The fourth-order valence-corrected chi connectivity index (χ4v) is 4.00. The van der Waals surface area contributed by atoms with Gasteiger partial charge in [-0.3, -0.25) is 0 Å². The van der Waals surface area contributed by atoms with Crippen molar-refractivity contribution in [1.29, 1.82) is 0 Å². The first-order chi connectivity index (χ1) is 10.8. The fourth-order valence-electron chi connectivity index (χ4n) is 2.08. The average molecular weight is 402 g/mol. The van der Waals surface area contributed by atoms with Gasteiger partial charge in [0.2, 0.25) is 10.0 Å². The lowest BCUT2D eigenvalue weighted by Gasteiger charge is -2.17.